The van der Waals surface area contributed by atoms with Crippen LogP contribution in [0.2, 0.25) is 0 Å². The van der Waals surface area contributed by atoms with Crippen molar-refractivity contribution in [3.63, 3.8) is 0 Å². The van der Waals surface area contributed by atoms with E-state index in [9.17, 15) is 14.4 Å². The zero-order chi connectivity index (χ0) is 19.6. The Hall–Kier alpha value is -2.74. The molecule has 0 saturated carbocycles. The van der Waals surface area contributed by atoms with Gasteiger partial charge in [-0.1, -0.05) is 49.6 Å². The number of imide groups is 1. The summed E-state index contributed by atoms with van der Waals surface area (Å²) in [6, 6.07) is 8.25. The van der Waals surface area contributed by atoms with E-state index in [2.05, 4.69) is 10.4 Å². The number of ether oxygens (including phenoxy) is 1. The Bertz CT molecular complexity index is 677. The zero-order valence-electron chi connectivity index (χ0n) is 15.3. The second-order valence-electron chi connectivity index (χ2n) is 6.33. The Kier molecular flexibility index (Phi) is 7.94. The number of nitrogens with one attached hydrogen (secondary N) is 1. The molecule has 1 aromatic rings. The van der Waals surface area contributed by atoms with Gasteiger partial charge in [0.2, 0.25) is 0 Å². The van der Waals surface area contributed by atoms with Gasteiger partial charge in [0.25, 0.3) is 5.91 Å². The molecule has 0 bridgehead atoms. The Morgan fingerprint density at radius 2 is 1.96 bits per heavy atom. The minimum Gasteiger partial charge on any atom is -0.481 e. The third-order valence-corrected chi connectivity index (χ3v) is 4.36. The molecule has 0 aliphatic carbocycles. The first-order chi connectivity index (χ1) is 13.0. The number of carboxylic acids is 1. The molecule has 2 rings (SSSR count). The highest BCUT2D eigenvalue weighted by Crippen LogP contribution is 2.19. The largest absolute Gasteiger partial charge is 0.481 e. The Morgan fingerprint density at radius 3 is 2.63 bits per heavy atom. The van der Waals surface area contributed by atoms with Crippen LogP contribution in [0, 0.1) is 0 Å². The standard InChI is InChI=1S/C19H25N3O5/c1-27-16(14-9-5-4-6-10-14)13-20-22-15(18(25)21-19(22)26)11-7-2-3-8-12-17(23)24/h4-6,9-10,13,15-16H,2-3,7-8,11-12H2,1H3,(H,23,24)(H,21,25,26)/b20-13+. The highest BCUT2D eigenvalue weighted by Gasteiger charge is 2.38. The molecule has 8 heteroatoms. The van der Waals surface area contributed by atoms with Crippen molar-refractivity contribution in [3.05, 3.63) is 35.9 Å². The summed E-state index contributed by atoms with van der Waals surface area (Å²) in [7, 11) is 1.55. The van der Waals surface area contributed by atoms with E-state index in [1.54, 1.807) is 7.11 Å². The van der Waals surface area contributed by atoms with Crippen molar-refractivity contribution >= 4 is 24.1 Å². The van der Waals surface area contributed by atoms with E-state index in [0.29, 0.717) is 19.3 Å². The normalized spacial score (nSPS) is 18.1. The number of hydrogen-bond donors (Lipinski definition) is 2. The number of hydrazone groups is 1. The van der Waals surface area contributed by atoms with Gasteiger partial charge in [0.1, 0.15) is 12.1 Å². The molecule has 2 atom stereocenters. The zero-order valence-corrected chi connectivity index (χ0v) is 15.3. The number of unbranched alkanes of at least 4 members (excludes halogenated alkanes) is 3. The van der Waals surface area contributed by atoms with Crippen LogP contribution in [0.4, 0.5) is 4.79 Å². The van der Waals surface area contributed by atoms with E-state index in [4.69, 9.17) is 9.84 Å². The van der Waals surface area contributed by atoms with Crippen molar-refractivity contribution in [2.24, 2.45) is 5.10 Å². The number of aliphatic carboxylic acids is 1. The van der Waals surface area contributed by atoms with Crippen molar-refractivity contribution in [2.75, 3.05) is 7.11 Å². The molecule has 3 amide bonds. The molecule has 1 aromatic carbocycles. The molecule has 0 radical (unpaired) electrons. The maximum absolute atomic E-state index is 12.0. The number of nitrogens with zero attached hydrogens (tertiary/aromatic N) is 2. The third-order valence-electron chi connectivity index (χ3n) is 4.36. The van der Waals surface area contributed by atoms with Gasteiger partial charge in [-0.3, -0.25) is 14.9 Å². The first kappa shape index (κ1) is 20.6. The van der Waals surface area contributed by atoms with Crippen LogP contribution in [-0.4, -0.2) is 47.4 Å². The number of rotatable bonds is 11. The molecule has 1 aliphatic rings. The molecule has 1 heterocycles. The molecule has 8 nitrogen and oxygen atoms in total. The van der Waals surface area contributed by atoms with Crippen LogP contribution >= 0.6 is 0 Å². The average molecular weight is 375 g/mol. The maximum Gasteiger partial charge on any atom is 0.345 e. The highest BCUT2D eigenvalue weighted by molar-refractivity contribution is 6.04. The van der Waals surface area contributed by atoms with Crippen LogP contribution < -0.4 is 5.32 Å². The van der Waals surface area contributed by atoms with Gasteiger partial charge in [-0.05, 0) is 18.4 Å². The molecule has 27 heavy (non-hydrogen) atoms. The quantitative estimate of drug-likeness (QED) is 0.351. The molecule has 2 unspecified atom stereocenters. The Labute approximate surface area is 158 Å². The van der Waals surface area contributed by atoms with Gasteiger partial charge in [0.15, 0.2) is 0 Å². The van der Waals surface area contributed by atoms with E-state index >= 15 is 0 Å². The van der Waals surface area contributed by atoms with Gasteiger partial charge in [-0.2, -0.15) is 5.10 Å². The van der Waals surface area contributed by atoms with Crippen molar-refractivity contribution in [1.29, 1.82) is 0 Å². The van der Waals surface area contributed by atoms with Crippen LogP contribution in [0.5, 0.6) is 0 Å². The Balaban J connectivity index is 1.91. The summed E-state index contributed by atoms with van der Waals surface area (Å²) in [5.41, 5.74) is 0.893. The van der Waals surface area contributed by atoms with E-state index in [0.717, 1.165) is 23.4 Å². The van der Waals surface area contributed by atoms with Crippen LogP contribution in [0.1, 0.15) is 50.2 Å². The molecule has 0 aromatic heterocycles. The maximum atomic E-state index is 12.0. The lowest BCUT2D eigenvalue weighted by Crippen LogP contribution is -2.31. The molecular weight excluding hydrogens is 350 g/mol. The fourth-order valence-electron chi connectivity index (χ4n) is 2.91. The smallest absolute Gasteiger partial charge is 0.345 e. The Morgan fingerprint density at radius 1 is 1.26 bits per heavy atom. The fraction of sp³-hybridized carbons (Fsp3) is 0.474. The van der Waals surface area contributed by atoms with Crippen LogP contribution in [-0.2, 0) is 14.3 Å². The summed E-state index contributed by atoms with van der Waals surface area (Å²) < 4.78 is 5.40. The number of carbonyl (C=O) groups excluding carboxylic acids is 2. The van der Waals surface area contributed by atoms with Crippen molar-refractivity contribution in [1.82, 2.24) is 10.3 Å². The van der Waals surface area contributed by atoms with Gasteiger partial charge < -0.3 is 9.84 Å². The summed E-state index contributed by atoms with van der Waals surface area (Å²) >= 11 is 0. The lowest BCUT2D eigenvalue weighted by atomic mass is 10.1. The summed E-state index contributed by atoms with van der Waals surface area (Å²) in [5, 5.41) is 16.3. The van der Waals surface area contributed by atoms with E-state index in [1.165, 1.54) is 6.21 Å². The number of amides is 3. The highest BCUT2D eigenvalue weighted by atomic mass is 16.5. The predicted molar refractivity (Wildman–Crippen MR) is 99.2 cm³/mol. The summed E-state index contributed by atoms with van der Waals surface area (Å²) in [4.78, 5) is 34.5. The molecular formula is C19H25N3O5. The molecule has 1 saturated heterocycles. The molecule has 146 valence electrons. The molecule has 2 N–H and O–H groups in total. The van der Waals surface area contributed by atoms with E-state index in [-0.39, 0.29) is 12.3 Å². The number of carbonyl (C=O) groups is 3. The summed E-state index contributed by atoms with van der Waals surface area (Å²) in [6.45, 7) is 0. The second-order valence-corrected chi connectivity index (χ2v) is 6.33. The van der Waals surface area contributed by atoms with Crippen molar-refractivity contribution in [3.8, 4) is 0 Å². The third kappa shape index (κ3) is 6.18. The second kappa shape index (κ2) is 10.4. The summed E-state index contributed by atoms with van der Waals surface area (Å²) in [5.74, 6) is -1.17. The number of methoxy groups -OCH3 is 1. The minimum absolute atomic E-state index is 0.150. The fourth-order valence-corrected chi connectivity index (χ4v) is 2.91. The van der Waals surface area contributed by atoms with Crippen molar-refractivity contribution in [2.45, 2.75) is 50.7 Å². The first-order valence-corrected chi connectivity index (χ1v) is 9.00. The molecule has 1 fully saturated rings. The van der Waals surface area contributed by atoms with Gasteiger partial charge in [0, 0.05) is 13.5 Å². The van der Waals surface area contributed by atoms with Crippen molar-refractivity contribution < 1.29 is 24.2 Å². The number of urea groups is 1. The number of hydrogen-bond acceptors (Lipinski definition) is 5. The van der Waals surface area contributed by atoms with E-state index in [1.807, 2.05) is 30.3 Å². The topological polar surface area (TPSA) is 108 Å². The number of carboxylic acid groups (broad SMARTS) is 1. The predicted octanol–water partition coefficient (Wildman–Crippen LogP) is 2.71. The van der Waals surface area contributed by atoms with Crippen LogP contribution in [0.25, 0.3) is 0 Å². The SMILES string of the molecule is COC(/C=N/N1C(=O)NC(=O)C1CCCCCCC(=O)O)c1ccccc1. The van der Waals surface area contributed by atoms with Gasteiger partial charge in [-0.15, -0.1) is 0 Å². The lowest BCUT2D eigenvalue weighted by Gasteiger charge is -2.17. The van der Waals surface area contributed by atoms with Gasteiger partial charge in [-0.25, -0.2) is 9.80 Å². The van der Waals surface area contributed by atoms with Gasteiger partial charge >= 0.3 is 12.0 Å². The average Bonchev–Trinajstić information content (AvgIpc) is 2.92. The summed E-state index contributed by atoms with van der Waals surface area (Å²) in [6.07, 6.45) is 4.61. The molecule has 0 spiro atoms. The number of benzene rings is 1. The van der Waals surface area contributed by atoms with Crippen LogP contribution in [0.15, 0.2) is 35.4 Å². The minimum atomic E-state index is -0.803. The first-order valence-electron chi connectivity index (χ1n) is 9.00. The van der Waals surface area contributed by atoms with E-state index < -0.39 is 24.1 Å². The van der Waals surface area contributed by atoms with Crippen LogP contribution in [0.3, 0.4) is 0 Å². The monoisotopic (exact) mass is 375 g/mol. The lowest BCUT2D eigenvalue weighted by molar-refractivity contribution is -0.137. The molecule has 1 aliphatic heterocycles. The van der Waals surface area contributed by atoms with Gasteiger partial charge in [0.05, 0.1) is 6.21 Å².